The Labute approximate surface area is 124 Å². The Kier molecular flexibility index (Phi) is 4.61. The quantitative estimate of drug-likeness (QED) is 0.927. The van der Waals surface area contributed by atoms with Crippen LogP contribution in [0.5, 0.6) is 0 Å². The Morgan fingerprint density at radius 3 is 2.89 bits per heavy atom. The summed E-state index contributed by atoms with van der Waals surface area (Å²) in [6.07, 6.45) is 0.200. The zero-order valence-electron chi connectivity index (χ0n) is 10.2. The molecule has 1 aromatic carbocycles. The lowest BCUT2D eigenvalue weighted by Gasteiger charge is -2.06. The Balaban J connectivity index is 1.89. The number of hydrogen-bond donors (Lipinski definition) is 1. The summed E-state index contributed by atoms with van der Waals surface area (Å²) in [5, 5.41) is 7.19. The van der Waals surface area contributed by atoms with E-state index in [0.717, 1.165) is 10.0 Å². The molecule has 6 heteroatoms. The van der Waals surface area contributed by atoms with Gasteiger partial charge in [-0.1, -0.05) is 38.8 Å². The summed E-state index contributed by atoms with van der Waals surface area (Å²) in [7, 11) is 0. The third-order valence-electron chi connectivity index (χ3n) is 2.51. The molecule has 1 aromatic heterocycles. The van der Waals surface area contributed by atoms with Gasteiger partial charge >= 0.3 is 0 Å². The molecule has 0 saturated carbocycles. The van der Waals surface area contributed by atoms with Gasteiger partial charge in [0.15, 0.2) is 0 Å². The lowest BCUT2D eigenvalue weighted by molar-refractivity contribution is -0.120. The predicted octanol–water partition coefficient (Wildman–Crippen LogP) is 3.26. The number of hydrogen-bond acceptors (Lipinski definition) is 3. The van der Waals surface area contributed by atoms with Gasteiger partial charge in [-0.25, -0.2) is 0 Å². The van der Waals surface area contributed by atoms with Crippen LogP contribution in [0.1, 0.15) is 17.0 Å². The summed E-state index contributed by atoms with van der Waals surface area (Å²) < 4.78 is 5.81. The van der Waals surface area contributed by atoms with Crippen LogP contribution in [0.25, 0.3) is 0 Å². The van der Waals surface area contributed by atoms with Gasteiger partial charge < -0.3 is 9.84 Å². The van der Waals surface area contributed by atoms with Crippen molar-refractivity contribution < 1.29 is 9.32 Å². The van der Waals surface area contributed by atoms with E-state index in [1.165, 1.54) is 0 Å². The van der Waals surface area contributed by atoms with Gasteiger partial charge in [0.25, 0.3) is 0 Å². The SMILES string of the molecule is Cc1cc(CC(=O)NCc2ccc(Br)cc2Cl)no1. The van der Waals surface area contributed by atoms with Crippen molar-refractivity contribution in [2.75, 3.05) is 0 Å². The molecule has 2 rings (SSSR count). The molecular formula is C13H12BrClN2O2. The summed E-state index contributed by atoms with van der Waals surface area (Å²) in [4.78, 5) is 11.7. The highest BCUT2D eigenvalue weighted by molar-refractivity contribution is 9.10. The zero-order chi connectivity index (χ0) is 13.8. The molecule has 1 N–H and O–H groups in total. The molecule has 0 aliphatic carbocycles. The molecule has 0 spiro atoms. The van der Waals surface area contributed by atoms with Crippen LogP contribution >= 0.6 is 27.5 Å². The first-order chi connectivity index (χ1) is 9.04. The smallest absolute Gasteiger partial charge is 0.226 e. The molecular weight excluding hydrogens is 332 g/mol. The third kappa shape index (κ3) is 4.08. The van der Waals surface area contributed by atoms with Crippen LogP contribution in [-0.2, 0) is 17.8 Å². The first kappa shape index (κ1) is 14.1. The standard InChI is InChI=1S/C13H12BrClN2O2/c1-8-4-11(17-19-8)6-13(18)16-7-9-2-3-10(14)5-12(9)15/h2-5H,6-7H2,1H3,(H,16,18). The average molecular weight is 344 g/mol. The first-order valence-electron chi connectivity index (χ1n) is 5.67. The van der Waals surface area contributed by atoms with E-state index in [9.17, 15) is 4.79 Å². The van der Waals surface area contributed by atoms with Crippen molar-refractivity contribution in [2.24, 2.45) is 0 Å². The largest absolute Gasteiger partial charge is 0.361 e. The second kappa shape index (κ2) is 6.21. The topological polar surface area (TPSA) is 55.1 Å². The van der Waals surface area contributed by atoms with E-state index >= 15 is 0 Å². The second-order valence-corrected chi connectivity index (χ2v) is 5.44. The minimum atomic E-state index is -0.118. The van der Waals surface area contributed by atoms with Gasteiger partial charge in [0, 0.05) is 22.1 Å². The number of nitrogens with zero attached hydrogens (tertiary/aromatic N) is 1. The van der Waals surface area contributed by atoms with Gasteiger partial charge in [-0.05, 0) is 24.6 Å². The Bertz CT molecular complexity index is 598. The number of aromatic nitrogens is 1. The van der Waals surface area contributed by atoms with Crippen LogP contribution in [0.3, 0.4) is 0 Å². The molecule has 0 radical (unpaired) electrons. The van der Waals surface area contributed by atoms with Gasteiger partial charge in [0.2, 0.25) is 5.91 Å². The molecule has 100 valence electrons. The lowest BCUT2D eigenvalue weighted by atomic mass is 10.2. The van der Waals surface area contributed by atoms with E-state index in [0.29, 0.717) is 23.0 Å². The van der Waals surface area contributed by atoms with Crippen molar-refractivity contribution in [2.45, 2.75) is 19.9 Å². The Hall–Kier alpha value is -1.33. The molecule has 0 bridgehead atoms. The minimum Gasteiger partial charge on any atom is -0.361 e. The molecule has 1 heterocycles. The molecule has 4 nitrogen and oxygen atoms in total. The second-order valence-electron chi connectivity index (χ2n) is 4.12. The maximum absolute atomic E-state index is 11.7. The van der Waals surface area contributed by atoms with Gasteiger partial charge in [0.05, 0.1) is 12.1 Å². The molecule has 0 fully saturated rings. The molecule has 0 aliphatic heterocycles. The first-order valence-corrected chi connectivity index (χ1v) is 6.84. The van der Waals surface area contributed by atoms with Crippen molar-refractivity contribution in [3.8, 4) is 0 Å². The van der Waals surface area contributed by atoms with Gasteiger partial charge in [-0.2, -0.15) is 0 Å². The van der Waals surface area contributed by atoms with Crippen molar-refractivity contribution in [1.29, 1.82) is 0 Å². The van der Waals surface area contributed by atoms with Gasteiger partial charge in [-0.15, -0.1) is 0 Å². The van der Waals surface area contributed by atoms with E-state index in [1.54, 1.807) is 19.1 Å². The number of nitrogens with one attached hydrogen (secondary N) is 1. The van der Waals surface area contributed by atoms with E-state index in [4.69, 9.17) is 16.1 Å². The summed E-state index contributed by atoms with van der Waals surface area (Å²) in [5.41, 5.74) is 1.49. The van der Waals surface area contributed by atoms with Crippen LogP contribution in [0.2, 0.25) is 5.02 Å². The number of carbonyl (C=O) groups excluding carboxylic acids is 1. The van der Waals surface area contributed by atoms with E-state index in [1.807, 2.05) is 12.1 Å². The summed E-state index contributed by atoms with van der Waals surface area (Å²) >= 11 is 9.40. The number of halogens is 2. The van der Waals surface area contributed by atoms with E-state index in [2.05, 4.69) is 26.4 Å². The zero-order valence-corrected chi connectivity index (χ0v) is 12.6. The highest BCUT2D eigenvalue weighted by Crippen LogP contribution is 2.21. The van der Waals surface area contributed by atoms with Crippen LogP contribution in [-0.4, -0.2) is 11.1 Å². The Morgan fingerprint density at radius 2 is 2.26 bits per heavy atom. The number of amides is 1. The fourth-order valence-electron chi connectivity index (χ4n) is 1.59. The van der Waals surface area contributed by atoms with Crippen LogP contribution in [0, 0.1) is 6.92 Å². The van der Waals surface area contributed by atoms with Gasteiger partial charge in [-0.3, -0.25) is 4.79 Å². The maximum Gasteiger partial charge on any atom is 0.226 e. The fraction of sp³-hybridized carbons (Fsp3) is 0.231. The molecule has 0 saturated heterocycles. The maximum atomic E-state index is 11.7. The average Bonchev–Trinajstić information content (AvgIpc) is 2.73. The molecule has 0 aliphatic rings. The molecule has 2 aromatic rings. The number of benzene rings is 1. The van der Waals surface area contributed by atoms with Crippen LogP contribution in [0.15, 0.2) is 33.3 Å². The highest BCUT2D eigenvalue weighted by atomic mass is 79.9. The highest BCUT2D eigenvalue weighted by Gasteiger charge is 2.08. The molecule has 1 amide bonds. The van der Waals surface area contributed by atoms with Crippen LogP contribution in [0.4, 0.5) is 0 Å². The van der Waals surface area contributed by atoms with Crippen molar-refractivity contribution in [3.63, 3.8) is 0 Å². The summed E-state index contributed by atoms with van der Waals surface area (Å²) in [6.45, 7) is 2.18. The fourth-order valence-corrected chi connectivity index (χ4v) is 2.33. The van der Waals surface area contributed by atoms with E-state index < -0.39 is 0 Å². The van der Waals surface area contributed by atoms with Crippen molar-refractivity contribution >= 4 is 33.4 Å². The number of rotatable bonds is 4. The Morgan fingerprint density at radius 1 is 1.47 bits per heavy atom. The lowest BCUT2D eigenvalue weighted by Crippen LogP contribution is -2.24. The number of carbonyl (C=O) groups is 1. The molecule has 19 heavy (non-hydrogen) atoms. The minimum absolute atomic E-state index is 0.118. The molecule has 0 atom stereocenters. The van der Waals surface area contributed by atoms with E-state index in [-0.39, 0.29) is 12.3 Å². The number of aryl methyl sites for hydroxylation is 1. The van der Waals surface area contributed by atoms with Crippen LogP contribution < -0.4 is 5.32 Å². The molecule has 0 unspecified atom stereocenters. The monoisotopic (exact) mass is 342 g/mol. The third-order valence-corrected chi connectivity index (χ3v) is 3.35. The summed E-state index contributed by atoms with van der Waals surface area (Å²) in [6, 6.07) is 7.29. The van der Waals surface area contributed by atoms with Crippen molar-refractivity contribution in [3.05, 3.63) is 50.8 Å². The van der Waals surface area contributed by atoms with Gasteiger partial charge in [0.1, 0.15) is 5.76 Å². The summed E-state index contributed by atoms with van der Waals surface area (Å²) in [5.74, 6) is 0.575. The normalized spacial score (nSPS) is 10.5. The predicted molar refractivity (Wildman–Crippen MR) is 75.9 cm³/mol. The van der Waals surface area contributed by atoms with Crippen molar-refractivity contribution in [1.82, 2.24) is 10.5 Å².